The zero-order valence-corrected chi connectivity index (χ0v) is 13.2. The average Bonchev–Trinajstić information content (AvgIpc) is 2.97. The largest absolute Gasteiger partial charge is 0.466 e. The summed E-state index contributed by atoms with van der Waals surface area (Å²) in [5.74, 6) is -0.759. The molecule has 0 aromatic carbocycles. The summed E-state index contributed by atoms with van der Waals surface area (Å²) in [6.07, 6.45) is 1.26. The van der Waals surface area contributed by atoms with Crippen molar-refractivity contribution in [1.82, 2.24) is 4.31 Å². The zero-order chi connectivity index (χ0) is 15.5. The lowest BCUT2D eigenvalue weighted by atomic mass is 10.0. The summed E-state index contributed by atoms with van der Waals surface area (Å²) in [7, 11) is -3.64. The summed E-state index contributed by atoms with van der Waals surface area (Å²) >= 11 is 0.946. The molecule has 1 aromatic rings. The van der Waals surface area contributed by atoms with Gasteiger partial charge in [0.25, 0.3) is 10.0 Å². The van der Waals surface area contributed by atoms with Crippen LogP contribution in [0.25, 0.3) is 0 Å². The Morgan fingerprint density at radius 1 is 1.57 bits per heavy atom. The number of ether oxygens (including phenoxy) is 1. The first kappa shape index (κ1) is 15.9. The van der Waals surface area contributed by atoms with Crippen LogP contribution in [0.5, 0.6) is 0 Å². The van der Waals surface area contributed by atoms with Crippen molar-refractivity contribution in [3.8, 4) is 6.07 Å². The number of hydrogen-bond donors (Lipinski definition) is 0. The highest BCUT2D eigenvalue weighted by Gasteiger charge is 2.34. The van der Waals surface area contributed by atoms with Crippen LogP contribution >= 0.6 is 11.3 Å². The van der Waals surface area contributed by atoms with Crippen molar-refractivity contribution in [2.24, 2.45) is 5.92 Å². The molecule has 1 unspecified atom stereocenters. The molecule has 1 atom stereocenters. The van der Waals surface area contributed by atoms with Gasteiger partial charge >= 0.3 is 5.97 Å². The van der Waals surface area contributed by atoms with E-state index in [1.165, 1.54) is 16.4 Å². The molecular formula is C13H16N2O4S2. The highest BCUT2D eigenvalue weighted by molar-refractivity contribution is 7.91. The second-order valence-electron chi connectivity index (χ2n) is 4.68. The van der Waals surface area contributed by atoms with Crippen molar-refractivity contribution in [1.29, 1.82) is 5.26 Å². The van der Waals surface area contributed by atoms with E-state index in [9.17, 15) is 13.2 Å². The van der Waals surface area contributed by atoms with Crippen LogP contribution in [-0.2, 0) is 19.6 Å². The third kappa shape index (κ3) is 3.43. The molecule has 0 radical (unpaired) electrons. The second-order valence-corrected chi connectivity index (χ2v) is 7.93. The Kier molecular flexibility index (Phi) is 4.98. The topological polar surface area (TPSA) is 87.5 Å². The highest BCUT2D eigenvalue weighted by Crippen LogP contribution is 2.28. The Hall–Kier alpha value is -1.43. The van der Waals surface area contributed by atoms with Gasteiger partial charge in [-0.25, -0.2) is 8.42 Å². The van der Waals surface area contributed by atoms with E-state index in [0.29, 0.717) is 30.9 Å². The molecule has 0 N–H and O–H groups in total. The van der Waals surface area contributed by atoms with E-state index in [4.69, 9.17) is 10.00 Å². The van der Waals surface area contributed by atoms with Gasteiger partial charge in [0.15, 0.2) is 0 Å². The minimum absolute atomic E-state index is 0.140. The van der Waals surface area contributed by atoms with Gasteiger partial charge in [-0.15, -0.1) is 11.3 Å². The highest BCUT2D eigenvalue weighted by atomic mass is 32.2. The van der Waals surface area contributed by atoms with Crippen molar-refractivity contribution < 1.29 is 17.9 Å². The summed E-state index contributed by atoms with van der Waals surface area (Å²) in [5, 5.41) is 8.79. The number of sulfonamides is 1. The summed E-state index contributed by atoms with van der Waals surface area (Å²) < 4.78 is 31.5. The van der Waals surface area contributed by atoms with Gasteiger partial charge in [0.05, 0.1) is 12.5 Å². The van der Waals surface area contributed by atoms with Crippen LogP contribution in [0.15, 0.2) is 16.3 Å². The number of hydrogen-bond acceptors (Lipinski definition) is 6. The molecule has 1 fully saturated rings. The van der Waals surface area contributed by atoms with Gasteiger partial charge in [0, 0.05) is 13.1 Å². The molecule has 114 valence electrons. The van der Waals surface area contributed by atoms with Gasteiger partial charge < -0.3 is 4.74 Å². The van der Waals surface area contributed by atoms with Gasteiger partial charge in [0.1, 0.15) is 15.2 Å². The lowest BCUT2D eigenvalue weighted by molar-refractivity contribution is -0.149. The van der Waals surface area contributed by atoms with E-state index in [0.717, 1.165) is 11.3 Å². The van der Waals surface area contributed by atoms with Crippen molar-refractivity contribution >= 4 is 27.3 Å². The molecule has 8 heteroatoms. The van der Waals surface area contributed by atoms with Crippen LogP contribution in [0.4, 0.5) is 0 Å². The maximum Gasteiger partial charge on any atom is 0.310 e. The zero-order valence-electron chi connectivity index (χ0n) is 11.6. The maximum atomic E-state index is 12.5. The van der Waals surface area contributed by atoms with Crippen LogP contribution in [-0.4, -0.2) is 38.4 Å². The number of carbonyl (C=O) groups is 1. The standard InChI is InChI=1S/C13H16N2O4S2/c1-2-19-13(16)10-4-3-7-15(9-10)21(17,18)12-6-5-11(8-14)20-12/h5-6,10H,2-4,7,9H2,1H3. The summed E-state index contributed by atoms with van der Waals surface area (Å²) in [6.45, 7) is 2.54. The Bertz CT molecular complexity index is 660. The average molecular weight is 328 g/mol. The molecule has 1 aromatic heterocycles. The van der Waals surface area contributed by atoms with Crippen LogP contribution < -0.4 is 0 Å². The summed E-state index contributed by atoms with van der Waals surface area (Å²) in [4.78, 5) is 12.1. The van der Waals surface area contributed by atoms with E-state index >= 15 is 0 Å². The lowest BCUT2D eigenvalue weighted by Crippen LogP contribution is -2.42. The Balaban J connectivity index is 2.16. The van der Waals surface area contributed by atoms with Gasteiger partial charge in [-0.05, 0) is 31.9 Å². The minimum Gasteiger partial charge on any atom is -0.466 e. The Morgan fingerprint density at radius 3 is 2.95 bits per heavy atom. The molecule has 1 aliphatic rings. The lowest BCUT2D eigenvalue weighted by Gasteiger charge is -2.30. The maximum absolute atomic E-state index is 12.5. The molecule has 6 nitrogen and oxygen atoms in total. The number of rotatable bonds is 4. The quantitative estimate of drug-likeness (QED) is 0.783. The SMILES string of the molecule is CCOC(=O)C1CCCN(S(=O)(=O)c2ccc(C#N)s2)C1. The van der Waals surface area contributed by atoms with Crippen molar-refractivity contribution in [2.45, 2.75) is 24.0 Å². The summed E-state index contributed by atoms with van der Waals surface area (Å²) in [5.41, 5.74) is 0. The number of nitrogens with zero attached hydrogens (tertiary/aromatic N) is 2. The van der Waals surface area contributed by atoms with E-state index in [1.54, 1.807) is 6.92 Å². The first-order valence-electron chi connectivity index (χ1n) is 6.65. The number of carbonyl (C=O) groups excluding carboxylic acids is 1. The second kappa shape index (κ2) is 6.56. The molecule has 2 heterocycles. The van der Waals surface area contributed by atoms with Gasteiger partial charge in [-0.2, -0.15) is 9.57 Å². The first-order valence-corrected chi connectivity index (χ1v) is 8.91. The third-order valence-corrected chi connectivity index (χ3v) is 6.61. The van der Waals surface area contributed by atoms with Gasteiger partial charge in [-0.3, -0.25) is 4.79 Å². The smallest absolute Gasteiger partial charge is 0.310 e. The van der Waals surface area contributed by atoms with Crippen molar-refractivity contribution in [3.05, 3.63) is 17.0 Å². The molecule has 0 saturated carbocycles. The van der Waals surface area contributed by atoms with Gasteiger partial charge in [0.2, 0.25) is 0 Å². The fraction of sp³-hybridized carbons (Fsp3) is 0.538. The van der Waals surface area contributed by atoms with Crippen LogP contribution in [0.1, 0.15) is 24.6 Å². The van der Waals surface area contributed by atoms with E-state index in [-0.39, 0.29) is 16.7 Å². The van der Waals surface area contributed by atoms with Crippen LogP contribution in [0.3, 0.4) is 0 Å². The number of esters is 1. The van der Waals surface area contributed by atoms with E-state index in [2.05, 4.69) is 0 Å². The fourth-order valence-electron chi connectivity index (χ4n) is 2.26. The molecular weight excluding hydrogens is 312 g/mol. The Labute approximate surface area is 128 Å². The molecule has 1 aliphatic heterocycles. The number of thiophene rings is 1. The molecule has 0 aliphatic carbocycles. The van der Waals surface area contributed by atoms with Gasteiger partial charge in [-0.1, -0.05) is 0 Å². The van der Waals surface area contributed by atoms with E-state index < -0.39 is 15.9 Å². The normalized spacial score (nSPS) is 19.9. The van der Waals surface area contributed by atoms with Crippen molar-refractivity contribution in [3.63, 3.8) is 0 Å². The molecule has 2 rings (SSSR count). The van der Waals surface area contributed by atoms with E-state index in [1.807, 2.05) is 6.07 Å². The Morgan fingerprint density at radius 2 is 2.33 bits per heavy atom. The molecule has 1 saturated heterocycles. The molecule has 21 heavy (non-hydrogen) atoms. The van der Waals surface area contributed by atoms with Crippen LogP contribution in [0, 0.1) is 17.2 Å². The predicted molar refractivity (Wildman–Crippen MR) is 77.1 cm³/mol. The number of piperidine rings is 1. The molecule has 0 bridgehead atoms. The molecule has 0 spiro atoms. The minimum atomic E-state index is -3.64. The number of nitriles is 1. The fourth-order valence-corrected chi connectivity index (χ4v) is 5.04. The molecule has 0 amide bonds. The first-order chi connectivity index (χ1) is 9.98. The summed E-state index contributed by atoms with van der Waals surface area (Å²) in [6, 6.07) is 4.85. The van der Waals surface area contributed by atoms with Crippen molar-refractivity contribution in [2.75, 3.05) is 19.7 Å². The predicted octanol–water partition coefficient (Wildman–Crippen LogP) is 1.58. The van der Waals surface area contributed by atoms with Crippen LogP contribution in [0.2, 0.25) is 0 Å². The third-order valence-electron chi connectivity index (χ3n) is 3.29. The monoisotopic (exact) mass is 328 g/mol.